The van der Waals surface area contributed by atoms with E-state index in [0.717, 1.165) is 17.0 Å². The fourth-order valence-corrected chi connectivity index (χ4v) is 3.50. The highest BCUT2D eigenvalue weighted by Gasteiger charge is 2.11. The first kappa shape index (κ1) is 11.9. The van der Waals surface area contributed by atoms with Crippen LogP contribution in [-0.2, 0) is 5.75 Å². The van der Waals surface area contributed by atoms with Crippen LogP contribution in [0.3, 0.4) is 0 Å². The van der Waals surface area contributed by atoms with Gasteiger partial charge in [0.05, 0.1) is 10.2 Å². The number of nitrogens with zero attached hydrogens (tertiary/aromatic N) is 1. The highest BCUT2D eigenvalue weighted by atomic mass is 32.2. The molecule has 2 N–H and O–H groups in total. The van der Waals surface area contributed by atoms with Crippen molar-refractivity contribution in [2.45, 2.75) is 25.1 Å². The van der Waals surface area contributed by atoms with E-state index in [1.165, 1.54) is 9.71 Å². The summed E-state index contributed by atoms with van der Waals surface area (Å²) < 4.78 is 1.27. The predicted molar refractivity (Wildman–Crippen MR) is 74.0 cm³/mol. The third-order valence-electron chi connectivity index (χ3n) is 2.04. The molecule has 1 aromatic carbocycles. The van der Waals surface area contributed by atoms with E-state index >= 15 is 0 Å². The van der Waals surface area contributed by atoms with E-state index in [9.17, 15) is 0 Å². The fraction of sp³-hybridized carbons (Fsp3) is 0.417. The van der Waals surface area contributed by atoms with Crippen LogP contribution in [0.15, 0.2) is 24.3 Å². The number of aromatic nitrogens is 1. The summed E-state index contributed by atoms with van der Waals surface area (Å²) in [5.41, 5.74) is 6.95. The Kier molecular flexibility index (Phi) is 3.52. The first-order valence-electron chi connectivity index (χ1n) is 5.26. The number of nitrogens with two attached hydrogens (primary N) is 1. The van der Waals surface area contributed by atoms with Gasteiger partial charge in [-0.05, 0) is 26.0 Å². The van der Waals surface area contributed by atoms with Gasteiger partial charge in [-0.2, -0.15) is 11.8 Å². The van der Waals surface area contributed by atoms with Gasteiger partial charge in [0.25, 0.3) is 0 Å². The van der Waals surface area contributed by atoms with Gasteiger partial charge in [-0.25, -0.2) is 4.98 Å². The van der Waals surface area contributed by atoms with Crippen molar-refractivity contribution in [2.75, 3.05) is 5.75 Å². The standard InChI is InChI=1S/C12H16N2S2/c1-12(2,13)8-15-7-11-14-9-5-3-4-6-10(9)16-11/h3-6H,7-8,13H2,1-2H3. The van der Waals surface area contributed by atoms with E-state index in [4.69, 9.17) is 5.73 Å². The van der Waals surface area contributed by atoms with E-state index in [-0.39, 0.29) is 5.54 Å². The lowest BCUT2D eigenvalue weighted by molar-refractivity contribution is 0.591. The van der Waals surface area contributed by atoms with E-state index < -0.39 is 0 Å². The van der Waals surface area contributed by atoms with Crippen molar-refractivity contribution < 1.29 is 0 Å². The molecule has 16 heavy (non-hydrogen) atoms. The Morgan fingerprint density at radius 2 is 2.12 bits per heavy atom. The van der Waals surface area contributed by atoms with Crippen molar-refractivity contribution in [1.82, 2.24) is 4.98 Å². The monoisotopic (exact) mass is 252 g/mol. The normalized spacial score (nSPS) is 12.2. The van der Waals surface area contributed by atoms with Gasteiger partial charge in [-0.1, -0.05) is 12.1 Å². The van der Waals surface area contributed by atoms with E-state index in [0.29, 0.717) is 0 Å². The van der Waals surface area contributed by atoms with Crippen molar-refractivity contribution in [2.24, 2.45) is 5.73 Å². The van der Waals surface area contributed by atoms with Gasteiger partial charge in [0.1, 0.15) is 5.01 Å². The molecule has 0 atom stereocenters. The summed E-state index contributed by atoms with van der Waals surface area (Å²) in [5, 5.41) is 1.19. The average molecular weight is 252 g/mol. The molecule has 0 bridgehead atoms. The Bertz CT molecular complexity index is 438. The highest BCUT2D eigenvalue weighted by Crippen LogP contribution is 2.25. The molecule has 0 aliphatic carbocycles. The molecule has 0 saturated heterocycles. The lowest BCUT2D eigenvalue weighted by atomic mass is 10.1. The van der Waals surface area contributed by atoms with Crippen molar-refractivity contribution in [3.05, 3.63) is 29.3 Å². The molecule has 0 aliphatic heterocycles. The molecule has 1 aromatic heterocycles. The van der Waals surface area contributed by atoms with E-state index in [1.54, 1.807) is 11.3 Å². The molecular formula is C12H16N2S2. The number of fused-ring (bicyclic) bond motifs is 1. The number of thioether (sulfide) groups is 1. The summed E-state index contributed by atoms with van der Waals surface area (Å²) in [5.74, 6) is 1.92. The molecule has 2 nitrogen and oxygen atoms in total. The highest BCUT2D eigenvalue weighted by molar-refractivity contribution is 7.98. The largest absolute Gasteiger partial charge is 0.325 e. The first-order valence-corrected chi connectivity index (χ1v) is 7.23. The van der Waals surface area contributed by atoms with Gasteiger partial charge in [-0.15, -0.1) is 11.3 Å². The summed E-state index contributed by atoms with van der Waals surface area (Å²) in [6, 6.07) is 8.27. The third-order valence-corrected chi connectivity index (χ3v) is 4.68. The van der Waals surface area contributed by atoms with Crippen LogP contribution >= 0.6 is 23.1 Å². The molecule has 86 valence electrons. The number of hydrogen-bond acceptors (Lipinski definition) is 4. The van der Waals surface area contributed by atoms with Crippen molar-refractivity contribution >= 4 is 33.3 Å². The molecule has 0 radical (unpaired) electrons. The van der Waals surface area contributed by atoms with Crippen LogP contribution in [-0.4, -0.2) is 16.3 Å². The first-order chi connectivity index (χ1) is 7.54. The minimum atomic E-state index is -0.0959. The van der Waals surface area contributed by atoms with Crippen LogP contribution in [0.1, 0.15) is 18.9 Å². The molecule has 2 rings (SSSR count). The number of thiazole rings is 1. The van der Waals surface area contributed by atoms with Gasteiger partial charge >= 0.3 is 0 Å². The molecule has 0 fully saturated rings. The number of benzene rings is 1. The van der Waals surface area contributed by atoms with Crippen LogP contribution in [0.4, 0.5) is 0 Å². The Hall–Kier alpha value is -0.580. The Morgan fingerprint density at radius 1 is 1.38 bits per heavy atom. The van der Waals surface area contributed by atoms with Gasteiger partial charge in [0.15, 0.2) is 0 Å². The molecule has 0 spiro atoms. The lowest BCUT2D eigenvalue weighted by Crippen LogP contribution is -2.34. The summed E-state index contributed by atoms with van der Waals surface area (Å²) >= 11 is 3.63. The van der Waals surface area contributed by atoms with Gasteiger partial charge in [0, 0.05) is 17.0 Å². The quantitative estimate of drug-likeness (QED) is 0.907. The maximum atomic E-state index is 5.94. The topological polar surface area (TPSA) is 38.9 Å². The third kappa shape index (κ3) is 3.20. The maximum absolute atomic E-state index is 5.94. The zero-order valence-electron chi connectivity index (χ0n) is 9.56. The minimum absolute atomic E-state index is 0.0959. The Morgan fingerprint density at radius 3 is 2.81 bits per heavy atom. The van der Waals surface area contributed by atoms with E-state index in [2.05, 4.69) is 37.0 Å². The van der Waals surface area contributed by atoms with Crippen LogP contribution in [0.2, 0.25) is 0 Å². The zero-order chi connectivity index (χ0) is 11.6. The summed E-state index contributed by atoms with van der Waals surface area (Å²) in [4.78, 5) is 4.59. The predicted octanol–water partition coefficient (Wildman–Crippen LogP) is 3.27. The second kappa shape index (κ2) is 4.73. The van der Waals surface area contributed by atoms with Gasteiger partial charge in [-0.3, -0.25) is 0 Å². The van der Waals surface area contributed by atoms with Crippen molar-refractivity contribution in [3.8, 4) is 0 Å². The average Bonchev–Trinajstić information content (AvgIpc) is 2.57. The van der Waals surface area contributed by atoms with Gasteiger partial charge < -0.3 is 5.73 Å². The molecule has 4 heteroatoms. The van der Waals surface area contributed by atoms with Gasteiger partial charge in [0.2, 0.25) is 0 Å². The Balaban J connectivity index is 2.00. The minimum Gasteiger partial charge on any atom is -0.325 e. The SMILES string of the molecule is CC(C)(N)CSCc1nc2ccccc2s1. The molecule has 2 aromatic rings. The maximum Gasteiger partial charge on any atom is 0.104 e. The summed E-state index contributed by atoms with van der Waals surface area (Å²) in [7, 11) is 0. The molecule has 0 unspecified atom stereocenters. The fourth-order valence-electron chi connectivity index (χ4n) is 1.38. The summed E-state index contributed by atoms with van der Waals surface area (Å²) in [6.07, 6.45) is 0. The molecule has 0 aliphatic rings. The number of hydrogen-bond donors (Lipinski definition) is 1. The van der Waals surface area contributed by atoms with Crippen LogP contribution < -0.4 is 5.73 Å². The smallest absolute Gasteiger partial charge is 0.104 e. The number of para-hydroxylation sites is 1. The second-order valence-electron chi connectivity index (χ2n) is 4.56. The zero-order valence-corrected chi connectivity index (χ0v) is 11.2. The van der Waals surface area contributed by atoms with Crippen LogP contribution in [0.5, 0.6) is 0 Å². The molecular weight excluding hydrogens is 236 g/mol. The molecule has 0 amide bonds. The molecule has 1 heterocycles. The van der Waals surface area contributed by atoms with Crippen LogP contribution in [0.25, 0.3) is 10.2 Å². The second-order valence-corrected chi connectivity index (χ2v) is 6.66. The summed E-state index contributed by atoms with van der Waals surface area (Å²) in [6.45, 7) is 4.11. The van der Waals surface area contributed by atoms with E-state index in [1.807, 2.05) is 17.8 Å². The van der Waals surface area contributed by atoms with Crippen molar-refractivity contribution in [3.63, 3.8) is 0 Å². The lowest BCUT2D eigenvalue weighted by Gasteiger charge is -2.16. The Labute approximate surface area is 104 Å². The van der Waals surface area contributed by atoms with Crippen LogP contribution in [0, 0.1) is 0 Å². The number of rotatable bonds is 4. The molecule has 0 saturated carbocycles. The van der Waals surface area contributed by atoms with Crippen molar-refractivity contribution in [1.29, 1.82) is 0 Å².